The molecule has 1 unspecified atom stereocenters. The molecule has 2 saturated heterocycles. The highest BCUT2D eigenvalue weighted by Crippen LogP contribution is 2.41. The number of nitrogens with zero attached hydrogens (tertiary/aromatic N) is 4. The molecular formula is C29H41ClN6S. The molecule has 0 amide bonds. The van der Waals surface area contributed by atoms with Crippen molar-refractivity contribution in [1.82, 2.24) is 15.3 Å². The van der Waals surface area contributed by atoms with E-state index in [0.717, 1.165) is 55.7 Å². The molecule has 1 aliphatic carbocycles. The molecule has 2 aliphatic heterocycles. The SMILES string of the molecule is CC1CCCCN1c1cc(N2CCCCCC2)nc(NC(=S)NCC2(c3cccc(Cl)c3)CCCC2)n1. The summed E-state index contributed by atoms with van der Waals surface area (Å²) >= 11 is 12.1. The van der Waals surface area contributed by atoms with Gasteiger partial charge in [0.2, 0.25) is 5.95 Å². The minimum absolute atomic E-state index is 0.0553. The lowest BCUT2D eigenvalue weighted by Crippen LogP contribution is -2.41. The largest absolute Gasteiger partial charge is 0.361 e. The molecule has 37 heavy (non-hydrogen) atoms. The topological polar surface area (TPSA) is 56.3 Å². The maximum Gasteiger partial charge on any atom is 0.232 e. The van der Waals surface area contributed by atoms with Crippen molar-refractivity contribution in [3.8, 4) is 0 Å². The van der Waals surface area contributed by atoms with Gasteiger partial charge in [-0.3, -0.25) is 0 Å². The Hall–Kier alpha value is -2.12. The second-order valence-electron chi connectivity index (χ2n) is 11.2. The Balaban J connectivity index is 1.33. The number of piperidine rings is 1. The molecule has 2 aromatic rings. The monoisotopic (exact) mass is 540 g/mol. The molecule has 3 fully saturated rings. The summed E-state index contributed by atoms with van der Waals surface area (Å²) in [4.78, 5) is 14.8. The normalized spacial score (nSPS) is 21.9. The summed E-state index contributed by atoms with van der Waals surface area (Å²) in [5.74, 6) is 2.62. The van der Waals surface area contributed by atoms with Gasteiger partial charge in [-0.05, 0) is 81.8 Å². The zero-order valence-corrected chi connectivity index (χ0v) is 23.7. The fourth-order valence-corrected chi connectivity index (χ4v) is 6.71. The number of benzene rings is 1. The van der Waals surface area contributed by atoms with Crippen LogP contribution < -0.4 is 20.4 Å². The Morgan fingerprint density at radius 3 is 2.43 bits per heavy atom. The molecule has 6 nitrogen and oxygen atoms in total. The van der Waals surface area contributed by atoms with Crippen LogP contribution in [0.4, 0.5) is 17.6 Å². The van der Waals surface area contributed by atoms with Gasteiger partial charge in [-0.1, -0.05) is 49.4 Å². The number of nitrogens with one attached hydrogen (secondary N) is 2. The van der Waals surface area contributed by atoms with Crippen LogP contribution in [0.2, 0.25) is 5.02 Å². The van der Waals surface area contributed by atoms with Gasteiger partial charge in [0.05, 0.1) is 0 Å². The van der Waals surface area contributed by atoms with Crippen LogP contribution in [0.1, 0.15) is 83.1 Å². The lowest BCUT2D eigenvalue weighted by atomic mass is 9.79. The molecule has 1 aromatic carbocycles. The highest BCUT2D eigenvalue weighted by Gasteiger charge is 2.36. The van der Waals surface area contributed by atoms with Gasteiger partial charge < -0.3 is 20.4 Å². The van der Waals surface area contributed by atoms with E-state index in [4.69, 9.17) is 33.8 Å². The second kappa shape index (κ2) is 12.2. The third-order valence-corrected chi connectivity index (χ3v) is 9.02. The van der Waals surface area contributed by atoms with E-state index < -0.39 is 0 Å². The van der Waals surface area contributed by atoms with Gasteiger partial charge in [0.15, 0.2) is 5.11 Å². The van der Waals surface area contributed by atoms with E-state index in [-0.39, 0.29) is 5.41 Å². The second-order valence-corrected chi connectivity index (χ2v) is 12.0. The number of thiocarbonyl (C=S) groups is 1. The lowest BCUT2D eigenvalue weighted by molar-refractivity contribution is 0.435. The summed E-state index contributed by atoms with van der Waals surface area (Å²) in [6.45, 7) is 6.23. The van der Waals surface area contributed by atoms with E-state index in [1.165, 1.54) is 63.4 Å². The average Bonchev–Trinajstić information content (AvgIpc) is 3.22. The quantitative estimate of drug-likeness (QED) is 0.396. The van der Waals surface area contributed by atoms with Crippen LogP contribution in [-0.2, 0) is 5.41 Å². The van der Waals surface area contributed by atoms with Gasteiger partial charge in [-0.15, -0.1) is 0 Å². The molecule has 0 radical (unpaired) electrons. The van der Waals surface area contributed by atoms with E-state index in [1.807, 2.05) is 6.07 Å². The Kier molecular flexibility index (Phi) is 8.71. The number of aromatic nitrogens is 2. The van der Waals surface area contributed by atoms with Crippen LogP contribution in [0.3, 0.4) is 0 Å². The van der Waals surface area contributed by atoms with Crippen LogP contribution in [0, 0.1) is 0 Å². The fraction of sp³-hybridized carbons (Fsp3) is 0.621. The first-order valence-corrected chi connectivity index (χ1v) is 15.0. The van der Waals surface area contributed by atoms with Crippen molar-refractivity contribution in [2.75, 3.05) is 41.3 Å². The Bertz CT molecular complexity index is 1060. The van der Waals surface area contributed by atoms with E-state index in [1.54, 1.807) is 0 Å². The molecule has 3 aliphatic rings. The predicted molar refractivity (Wildman–Crippen MR) is 159 cm³/mol. The van der Waals surface area contributed by atoms with E-state index in [0.29, 0.717) is 17.1 Å². The Morgan fingerprint density at radius 2 is 1.70 bits per heavy atom. The summed E-state index contributed by atoms with van der Waals surface area (Å²) < 4.78 is 0. The molecule has 8 heteroatoms. The van der Waals surface area contributed by atoms with E-state index in [9.17, 15) is 0 Å². The lowest BCUT2D eigenvalue weighted by Gasteiger charge is -2.35. The Morgan fingerprint density at radius 1 is 0.973 bits per heavy atom. The third kappa shape index (κ3) is 6.48. The number of rotatable bonds is 6. The van der Waals surface area contributed by atoms with Crippen LogP contribution in [-0.4, -0.2) is 47.3 Å². The molecular weight excluding hydrogens is 500 g/mol. The highest BCUT2D eigenvalue weighted by atomic mass is 35.5. The van der Waals surface area contributed by atoms with Crippen LogP contribution in [0.5, 0.6) is 0 Å². The number of halogens is 1. The van der Waals surface area contributed by atoms with Crippen LogP contribution >= 0.6 is 23.8 Å². The van der Waals surface area contributed by atoms with E-state index >= 15 is 0 Å². The average molecular weight is 541 g/mol. The summed E-state index contributed by atoms with van der Waals surface area (Å²) in [5, 5.41) is 8.25. The van der Waals surface area contributed by atoms with Crippen molar-refractivity contribution in [3.63, 3.8) is 0 Å². The standard InChI is InChI=1S/C29H41ClN6S/c1-22-11-4-9-18-36(22)26-20-25(35-16-7-2-3-8-17-35)32-27(33-26)34-28(37)31-21-29(14-5-6-15-29)23-12-10-13-24(30)19-23/h10,12-13,19-20,22H,2-9,11,14-18,21H2,1H3,(H2,31,32,33,34,37). The maximum atomic E-state index is 6.35. The first-order chi connectivity index (χ1) is 18.0. The fourth-order valence-electron chi connectivity index (χ4n) is 6.36. The number of hydrogen-bond acceptors (Lipinski definition) is 5. The van der Waals surface area contributed by atoms with E-state index in [2.05, 4.69) is 51.6 Å². The first-order valence-electron chi connectivity index (χ1n) is 14.2. The minimum Gasteiger partial charge on any atom is -0.361 e. The zero-order valence-electron chi connectivity index (χ0n) is 22.1. The van der Waals surface area contributed by atoms with Gasteiger partial charge in [0.1, 0.15) is 11.6 Å². The molecule has 200 valence electrons. The van der Waals surface area contributed by atoms with Crippen LogP contribution in [0.25, 0.3) is 0 Å². The molecule has 1 atom stereocenters. The minimum atomic E-state index is 0.0553. The summed E-state index contributed by atoms with van der Waals surface area (Å²) in [7, 11) is 0. The van der Waals surface area contributed by atoms with Crippen molar-refractivity contribution < 1.29 is 0 Å². The van der Waals surface area contributed by atoms with Crippen molar-refractivity contribution in [2.45, 2.75) is 89.0 Å². The van der Waals surface area contributed by atoms with Gasteiger partial charge >= 0.3 is 0 Å². The molecule has 5 rings (SSSR count). The van der Waals surface area contributed by atoms with Gasteiger partial charge in [0.25, 0.3) is 0 Å². The molecule has 1 aromatic heterocycles. The van der Waals surface area contributed by atoms with Crippen molar-refractivity contribution in [3.05, 3.63) is 40.9 Å². The predicted octanol–water partition coefficient (Wildman–Crippen LogP) is 6.69. The number of anilines is 3. The van der Waals surface area contributed by atoms with Crippen molar-refractivity contribution in [2.24, 2.45) is 0 Å². The van der Waals surface area contributed by atoms with Gasteiger partial charge in [0, 0.05) is 48.7 Å². The Labute approximate surface area is 232 Å². The summed E-state index contributed by atoms with van der Waals surface area (Å²) in [6, 6.07) is 11.0. The maximum absolute atomic E-state index is 6.35. The van der Waals surface area contributed by atoms with Crippen LogP contribution in [0.15, 0.2) is 30.3 Å². The summed E-state index contributed by atoms with van der Waals surface area (Å²) in [6.07, 6.45) is 13.5. The van der Waals surface area contributed by atoms with Gasteiger partial charge in [-0.25, -0.2) is 0 Å². The molecule has 1 saturated carbocycles. The molecule has 3 heterocycles. The van der Waals surface area contributed by atoms with Crippen molar-refractivity contribution in [1.29, 1.82) is 0 Å². The molecule has 2 N–H and O–H groups in total. The molecule has 0 bridgehead atoms. The third-order valence-electron chi connectivity index (χ3n) is 8.54. The smallest absolute Gasteiger partial charge is 0.232 e. The summed E-state index contributed by atoms with van der Waals surface area (Å²) in [5.41, 5.74) is 1.35. The highest BCUT2D eigenvalue weighted by molar-refractivity contribution is 7.80. The zero-order chi connectivity index (χ0) is 25.7. The number of hydrogen-bond donors (Lipinski definition) is 2. The van der Waals surface area contributed by atoms with Crippen molar-refractivity contribution >= 4 is 46.5 Å². The first kappa shape index (κ1) is 26.5. The molecule has 0 spiro atoms. The van der Waals surface area contributed by atoms with Gasteiger partial charge in [-0.2, -0.15) is 9.97 Å².